The molecule has 2 aliphatic rings. The number of rotatable bonds is 0. The predicted molar refractivity (Wildman–Crippen MR) is 67.2 cm³/mol. The first kappa shape index (κ1) is 9.62. The van der Waals surface area contributed by atoms with Crippen LogP contribution in [0, 0.1) is 5.41 Å². The van der Waals surface area contributed by atoms with Crippen molar-refractivity contribution in [2.75, 3.05) is 0 Å². The van der Waals surface area contributed by atoms with Crippen molar-refractivity contribution >= 4 is 28.8 Å². The molecular formula is C11H10N4S. The molecule has 5 heteroatoms. The molecule has 1 aromatic carbocycles. The van der Waals surface area contributed by atoms with Crippen molar-refractivity contribution in [1.82, 2.24) is 5.32 Å². The quantitative estimate of drug-likeness (QED) is 0.634. The monoisotopic (exact) mass is 230 g/mol. The van der Waals surface area contributed by atoms with E-state index in [1.54, 1.807) is 5.55 Å². The Labute approximate surface area is 97.1 Å². The zero-order chi connectivity index (χ0) is 11.1. The number of amidine groups is 1. The van der Waals surface area contributed by atoms with Crippen LogP contribution in [0.1, 0.15) is 17.3 Å². The third-order valence-corrected chi connectivity index (χ3v) is 3.50. The van der Waals surface area contributed by atoms with E-state index in [4.69, 9.17) is 11.1 Å². The van der Waals surface area contributed by atoms with Crippen LogP contribution < -0.4 is 11.1 Å². The molecule has 3 rings (SSSR count). The molecule has 0 saturated heterocycles. The van der Waals surface area contributed by atoms with Crippen LogP contribution in [0.5, 0.6) is 0 Å². The van der Waals surface area contributed by atoms with E-state index in [1.165, 1.54) is 11.8 Å². The second-order valence-corrected chi connectivity index (χ2v) is 4.47. The Hall–Kier alpha value is -1.59. The van der Waals surface area contributed by atoms with Gasteiger partial charge in [-0.05, 0) is 5.56 Å². The summed E-state index contributed by atoms with van der Waals surface area (Å²) in [6.07, 6.45) is -0.187. The molecule has 0 amide bonds. The van der Waals surface area contributed by atoms with E-state index >= 15 is 0 Å². The minimum absolute atomic E-state index is 0.187. The number of hydrogen-bond donors (Lipinski definition) is 3. The van der Waals surface area contributed by atoms with Gasteiger partial charge in [-0.2, -0.15) is 0 Å². The summed E-state index contributed by atoms with van der Waals surface area (Å²) in [5.41, 5.74) is 10.7. The fraction of sp³-hybridized carbons (Fsp3) is 0.0909. The lowest BCUT2D eigenvalue weighted by atomic mass is 10.1. The van der Waals surface area contributed by atoms with Gasteiger partial charge in [-0.3, -0.25) is 5.41 Å². The molecule has 1 atom stereocenters. The number of benzene rings is 1. The summed E-state index contributed by atoms with van der Waals surface area (Å²) in [7, 11) is 0. The highest BCUT2D eigenvalue weighted by Gasteiger charge is 2.27. The normalized spacial score (nSPS) is 27.1. The molecule has 0 bridgehead atoms. The van der Waals surface area contributed by atoms with Crippen LogP contribution in [0.4, 0.5) is 0 Å². The van der Waals surface area contributed by atoms with Crippen LogP contribution in [0.25, 0.3) is 5.70 Å². The van der Waals surface area contributed by atoms with E-state index < -0.39 is 0 Å². The standard InChI is InChI=1S/C11H10N4S/c12-10-7-4-2-1-3-6(7)8(15-10)9-11(13)14-5-16-9/h1-5,10,13,15H,12H2/b9-8+,13-11?. The van der Waals surface area contributed by atoms with E-state index in [0.29, 0.717) is 5.84 Å². The number of fused-ring (bicyclic) bond motifs is 1. The lowest BCUT2D eigenvalue weighted by molar-refractivity contribution is 0.699. The molecule has 4 N–H and O–H groups in total. The Morgan fingerprint density at radius 3 is 2.94 bits per heavy atom. The Morgan fingerprint density at radius 2 is 2.19 bits per heavy atom. The minimum atomic E-state index is -0.187. The SMILES string of the molecule is N=C1N=CS/C1=C1/NC(N)c2ccccc21. The van der Waals surface area contributed by atoms with Crippen molar-refractivity contribution in [3.8, 4) is 0 Å². The van der Waals surface area contributed by atoms with Gasteiger partial charge in [0, 0.05) is 5.56 Å². The average molecular weight is 230 g/mol. The molecule has 1 unspecified atom stereocenters. The molecule has 0 spiro atoms. The fourth-order valence-corrected chi connectivity index (χ4v) is 2.63. The number of hydrogen-bond acceptors (Lipinski definition) is 4. The molecule has 0 fully saturated rings. The zero-order valence-electron chi connectivity index (χ0n) is 8.40. The largest absolute Gasteiger partial charge is 0.365 e. The molecule has 2 aliphatic heterocycles. The van der Waals surface area contributed by atoms with Crippen LogP contribution in [-0.2, 0) is 0 Å². The van der Waals surface area contributed by atoms with Gasteiger partial charge in [0.1, 0.15) is 6.17 Å². The number of aliphatic imine (C=N–C) groups is 1. The fourth-order valence-electron chi connectivity index (χ4n) is 1.92. The van der Waals surface area contributed by atoms with Gasteiger partial charge in [0.15, 0.2) is 5.84 Å². The smallest absolute Gasteiger partial charge is 0.161 e. The van der Waals surface area contributed by atoms with Crippen LogP contribution in [0.2, 0.25) is 0 Å². The van der Waals surface area contributed by atoms with Crippen molar-refractivity contribution in [2.45, 2.75) is 6.17 Å². The third kappa shape index (κ3) is 1.29. The summed E-state index contributed by atoms with van der Waals surface area (Å²) in [5, 5.41) is 10.9. The molecular weight excluding hydrogens is 220 g/mol. The summed E-state index contributed by atoms with van der Waals surface area (Å²) in [5.74, 6) is 0.302. The Kier molecular flexibility index (Phi) is 2.08. The first-order chi connectivity index (χ1) is 7.77. The predicted octanol–water partition coefficient (Wildman–Crippen LogP) is 1.67. The first-order valence-electron chi connectivity index (χ1n) is 4.91. The molecule has 0 aliphatic carbocycles. The maximum Gasteiger partial charge on any atom is 0.161 e. The van der Waals surface area contributed by atoms with Crippen LogP contribution in [0.3, 0.4) is 0 Å². The van der Waals surface area contributed by atoms with Gasteiger partial charge in [0.05, 0.1) is 16.1 Å². The van der Waals surface area contributed by atoms with Gasteiger partial charge in [0.2, 0.25) is 0 Å². The van der Waals surface area contributed by atoms with E-state index in [-0.39, 0.29) is 6.17 Å². The lowest BCUT2D eigenvalue weighted by Gasteiger charge is -2.06. The summed E-state index contributed by atoms with van der Waals surface area (Å²) in [4.78, 5) is 4.79. The van der Waals surface area contributed by atoms with Crippen LogP contribution in [0.15, 0.2) is 34.2 Å². The number of nitrogens with one attached hydrogen (secondary N) is 2. The summed E-state index contributed by atoms with van der Waals surface area (Å²) in [6, 6.07) is 7.97. The topological polar surface area (TPSA) is 74.3 Å². The molecule has 0 radical (unpaired) electrons. The molecule has 1 aromatic rings. The van der Waals surface area contributed by atoms with Gasteiger partial charge in [-0.15, -0.1) is 0 Å². The molecule has 2 heterocycles. The average Bonchev–Trinajstić information content (AvgIpc) is 2.84. The third-order valence-electron chi connectivity index (χ3n) is 2.66. The summed E-state index contributed by atoms with van der Waals surface area (Å²) in [6.45, 7) is 0. The first-order valence-corrected chi connectivity index (χ1v) is 5.79. The molecule has 16 heavy (non-hydrogen) atoms. The molecule has 4 nitrogen and oxygen atoms in total. The second kappa shape index (κ2) is 3.47. The summed E-state index contributed by atoms with van der Waals surface area (Å²) < 4.78 is 0. The minimum Gasteiger partial charge on any atom is -0.365 e. The van der Waals surface area contributed by atoms with Gasteiger partial charge in [-0.25, -0.2) is 4.99 Å². The molecule has 80 valence electrons. The number of thioether (sulfide) groups is 1. The Balaban J connectivity index is 2.17. The van der Waals surface area contributed by atoms with Crippen molar-refractivity contribution in [3.05, 3.63) is 40.3 Å². The van der Waals surface area contributed by atoms with Crippen LogP contribution >= 0.6 is 11.8 Å². The van der Waals surface area contributed by atoms with E-state index in [0.717, 1.165) is 21.7 Å². The van der Waals surface area contributed by atoms with Crippen LogP contribution in [-0.4, -0.2) is 11.4 Å². The highest BCUT2D eigenvalue weighted by Crippen LogP contribution is 2.36. The van der Waals surface area contributed by atoms with Gasteiger partial charge >= 0.3 is 0 Å². The maximum atomic E-state index is 7.72. The molecule has 0 aromatic heterocycles. The number of nitrogens with zero attached hydrogens (tertiary/aromatic N) is 1. The molecule has 0 saturated carbocycles. The van der Waals surface area contributed by atoms with Crippen molar-refractivity contribution < 1.29 is 0 Å². The lowest BCUT2D eigenvalue weighted by Crippen LogP contribution is -2.21. The highest BCUT2D eigenvalue weighted by atomic mass is 32.2. The van der Waals surface area contributed by atoms with Crippen molar-refractivity contribution in [2.24, 2.45) is 10.7 Å². The highest BCUT2D eigenvalue weighted by molar-refractivity contribution is 8.16. The number of nitrogens with two attached hydrogens (primary N) is 1. The van der Waals surface area contributed by atoms with Crippen molar-refractivity contribution in [3.63, 3.8) is 0 Å². The Bertz CT molecular complexity index is 533. The maximum absolute atomic E-state index is 7.72. The van der Waals surface area contributed by atoms with E-state index in [2.05, 4.69) is 10.3 Å². The van der Waals surface area contributed by atoms with Gasteiger partial charge < -0.3 is 11.1 Å². The summed E-state index contributed by atoms with van der Waals surface area (Å²) >= 11 is 1.46. The van der Waals surface area contributed by atoms with E-state index in [9.17, 15) is 0 Å². The van der Waals surface area contributed by atoms with E-state index in [1.807, 2.05) is 24.3 Å². The van der Waals surface area contributed by atoms with Gasteiger partial charge in [-0.1, -0.05) is 36.0 Å². The van der Waals surface area contributed by atoms with Gasteiger partial charge in [0.25, 0.3) is 0 Å². The van der Waals surface area contributed by atoms with Crippen molar-refractivity contribution in [1.29, 1.82) is 5.41 Å². The second-order valence-electron chi connectivity index (χ2n) is 3.61. The zero-order valence-corrected chi connectivity index (χ0v) is 9.21. The Morgan fingerprint density at radius 1 is 1.38 bits per heavy atom.